The quantitative estimate of drug-likeness (QED) is 0.688. The summed E-state index contributed by atoms with van der Waals surface area (Å²) in [5, 5.41) is 3.50. The van der Waals surface area contributed by atoms with E-state index in [0.717, 1.165) is 32.6 Å². The van der Waals surface area contributed by atoms with E-state index in [1.165, 1.54) is 0 Å². The van der Waals surface area contributed by atoms with Crippen molar-refractivity contribution in [3.05, 3.63) is 0 Å². The number of nitrogens with zero attached hydrogens (tertiary/aromatic N) is 1. The van der Waals surface area contributed by atoms with Crippen LogP contribution in [0.15, 0.2) is 0 Å². The van der Waals surface area contributed by atoms with E-state index in [2.05, 4.69) is 33.0 Å². The first-order chi connectivity index (χ1) is 8.97. The van der Waals surface area contributed by atoms with Crippen LogP contribution in [0.25, 0.3) is 0 Å². The van der Waals surface area contributed by atoms with Gasteiger partial charge < -0.3 is 9.64 Å². The van der Waals surface area contributed by atoms with E-state index in [0.29, 0.717) is 11.8 Å². The second-order valence-corrected chi connectivity index (χ2v) is 6.12. The summed E-state index contributed by atoms with van der Waals surface area (Å²) >= 11 is 0. The van der Waals surface area contributed by atoms with Gasteiger partial charge in [-0.15, -0.1) is 0 Å². The van der Waals surface area contributed by atoms with Crippen LogP contribution in [0.3, 0.4) is 0 Å². The highest BCUT2D eigenvalue weighted by molar-refractivity contribution is 5.84. The Labute approximate surface area is 117 Å². The van der Waals surface area contributed by atoms with Gasteiger partial charge in [0.25, 0.3) is 0 Å². The zero-order chi connectivity index (χ0) is 14.4. The summed E-state index contributed by atoms with van der Waals surface area (Å²) in [6, 6.07) is -0.0177. The summed E-state index contributed by atoms with van der Waals surface area (Å²) in [5.41, 5.74) is 0. The first-order valence-corrected chi connectivity index (χ1v) is 7.61. The Hall–Kier alpha value is -0.610. The minimum atomic E-state index is -0.0177. The molecule has 1 heterocycles. The molecule has 4 heteroatoms. The molecule has 1 aliphatic rings. The Morgan fingerprint density at radius 3 is 2.53 bits per heavy atom. The average Bonchev–Trinajstić information content (AvgIpc) is 2.62. The van der Waals surface area contributed by atoms with E-state index in [9.17, 15) is 4.79 Å². The molecular weight excluding hydrogens is 240 g/mol. The molecule has 19 heavy (non-hydrogen) atoms. The van der Waals surface area contributed by atoms with Crippen molar-refractivity contribution in [1.82, 2.24) is 10.2 Å². The van der Waals surface area contributed by atoms with E-state index < -0.39 is 0 Å². The highest BCUT2D eigenvalue weighted by Gasteiger charge is 2.39. The Morgan fingerprint density at radius 1 is 1.32 bits per heavy atom. The van der Waals surface area contributed by atoms with Crippen molar-refractivity contribution in [2.75, 3.05) is 19.8 Å². The van der Waals surface area contributed by atoms with Crippen molar-refractivity contribution in [3.63, 3.8) is 0 Å². The Morgan fingerprint density at radius 2 is 2.00 bits per heavy atom. The maximum absolute atomic E-state index is 12.4. The lowest BCUT2D eigenvalue weighted by Gasteiger charge is -2.25. The van der Waals surface area contributed by atoms with Crippen LogP contribution in [0, 0.1) is 11.8 Å². The first-order valence-electron chi connectivity index (χ1n) is 7.61. The summed E-state index contributed by atoms with van der Waals surface area (Å²) in [5.74, 6) is 1.20. The predicted molar refractivity (Wildman–Crippen MR) is 77.8 cm³/mol. The maximum Gasteiger partial charge on any atom is 0.241 e. The number of carbonyl (C=O) groups is 1. The van der Waals surface area contributed by atoms with E-state index in [-0.39, 0.29) is 18.1 Å². The van der Waals surface area contributed by atoms with Crippen LogP contribution in [-0.2, 0) is 9.53 Å². The standard InChI is InChI=1S/C15H30N2O2/c1-6-19-9-7-8-17-13(10-11(2)3)16-14(12(4)5)15(17)18/h11-14,16H,6-10H2,1-5H3. The van der Waals surface area contributed by atoms with Crippen LogP contribution in [0.4, 0.5) is 0 Å². The van der Waals surface area contributed by atoms with Crippen LogP contribution in [0.2, 0.25) is 0 Å². The highest BCUT2D eigenvalue weighted by Crippen LogP contribution is 2.21. The van der Waals surface area contributed by atoms with E-state index in [1.54, 1.807) is 0 Å². The fourth-order valence-electron chi connectivity index (χ4n) is 2.57. The Kier molecular flexibility index (Phi) is 6.80. The fourth-order valence-corrected chi connectivity index (χ4v) is 2.57. The molecule has 1 saturated heterocycles. The van der Waals surface area contributed by atoms with Crippen molar-refractivity contribution in [1.29, 1.82) is 0 Å². The average molecular weight is 270 g/mol. The van der Waals surface area contributed by atoms with E-state index >= 15 is 0 Å². The third-order valence-electron chi connectivity index (χ3n) is 3.55. The second-order valence-electron chi connectivity index (χ2n) is 6.12. The lowest BCUT2D eigenvalue weighted by Crippen LogP contribution is -2.39. The van der Waals surface area contributed by atoms with Crippen molar-refractivity contribution < 1.29 is 9.53 Å². The molecule has 1 amide bonds. The minimum Gasteiger partial charge on any atom is -0.382 e. The normalized spacial score (nSPS) is 23.9. The summed E-state index contributed by atoms with van der Waals surface area (Å²) in [7, 11) is 0. The van der Waals surface area contributed by atoms with E-state index in [1.807, 2.05) is 11.8 Å². The SMILES string of the molecule is CCOCCCN1C(=O)C(C(C)C)NC1CC(C)C. The summed E-state index contributed by atoms with van der Waals surface area (Å²) < 4.78 is 5.36. The number of carbonyl (C=O) groups excluding carboxylic acids is 1. The van der Waals surface area contributed by atoms with Crippen LogP contribution < -0.4 is 5.32 Å². The molecule has 1 N–H and O–H groups in total. The van der Waals surface area contributed by atoms with Gasteiger partial charge in [-0.05, 0) is 31.6 Å². The number of ether oxygens (including phenoxy) is 1. The fraction of sp³-hybridized carbons (Fsp3) is 0.933. The zero-order valence-corrected chi connectivity index (χ0v) is 13.1. The molecule has 2 atom stereocenters. The third-order valence-corrected chi connectivity index (χ3v) is 3.55. The highest BCUT2D eigenvalue weighted by atomic mass is 16.5. The van der Waals surface area contributed by atoms with Crippen molar-refractivity contribution in [2.45, 2.75) is 59.7 Å². The summed E-state index contributed by atoms with van der Waals surface area (Å²) in [6.45, 7) is 12.9. The maximum atomic E-state index is 12.4. The Bertz CT molecular complexity index is 279. The molecule has 0 radical (unpaired) electrons. The number of hydrogen-bond acceptors (Lipinski definition) is 3. The van der Waals surface area contributed by atoms with Gasteiger partial charge in [0.05, 0.1) is 12.2 Å². The number of amides is 1. The van der Waals surface area contributed by atoms with Gasteiger partial charge in [-0.2, -0.15) is 0 Å². The third kappa shape index (κ3) is 4.77. The first kappa shape index (κ1) is 16.4. The van der Waals surface area contributed by atoms with Gasteiger partial charge in [-0.1, -0.05) is 27.7 Å². The smallest absolute Gasteiger partial charge is 0.241 e. The monoisotopic (exact) mass is 270 g/mol. The summed E-state index contributed by atoms with van der Waals surface area (Å²) in [4.78, 5) is 14.4. The zero-order valence-electron chi connectivity index (χ0n) is 13.1. The molecule has 0 spiro atoms. The molecule has 0 aromatic heterocycles. The molecule has 0 saturated carbocycles. The van der Waals surface area contributed by atoms with Crippen molar-refractivity contribution >= 4 is 5.91 Å². The molecule has 1 rings (SSSR count). The molecule has 2 unspecified atom stereocenters. The number of hydrogen-bond donors (Lipinski definition) is 1. The van der Waals surface area contributed by atoms with Crippen LogP contribution in [0.5, 0.6) is 0 Å². The number of rotatable bonds is 8. The van der Waals surface area contributed by atoms with Crippen molar-refractivity contribution in [2.24, 2.45) is 11.8 Å². The van der Waals surface area contributed by atoms with Gasteiger partial charge in [0.2, 0.25) is 5.91 Å². The molecular formula is C15H30N2O2. The molecule has 0 aliphatic carbocycles. The minimum absolute atomic E-state index is 0.0177. The topological polar surface area (TPSA) is 41.6 Å². The van der Waals surface area contributed by atoms with Crippen LogP contribution >= 0.6 is 0 Å². The van der Waals surface area contributed by atoms with Crippen molar-refractivity contribution in [3.8, 4) is 0 Å². The van der Waals surface area contributed by atoms with Crippen LogP contribution in [0.1, 0.15) is 47.5 Å². The lowest BCUT2D eigenvalue weighted by atomic mass is 10.0. The van der Waals surface area contributed by atoms with Gasteiger partial charge in [0.1, 0.15) is 0 Å². The lowest BCUT2D eigenvalue weighted by molar-refractivity contribution is -0.131. The van der Waals surface area contributed by atoms with Gasteiger partial charge in [0.15, 0.2) is 0 Å². The second kappa shape index (κ2) is 7.85. The molecule has 4 nitrogen and oxygen atoms in total. The van der Waals surface area contributed by atoms with Crippen LogP contribution in [-0.4, -0.2) is 42.8 Å². The Balaban J connectivity index is 2.57. The van der Waals surface area contributed by atoms with Gasteiger partial charge >= 0.3 is 0 Å². The van der Waals surface area contributed by atoms with Gasteiger partial charge in [-0.25, -0.2) is 0 Å². The van der Waals surface area contributed by atoms with Gasteiger partial charge in [-0.3, -0.25) is 10.1 Å². The predicted octanol–water partition coefficient (Wildman–Crippen LogP) is 2.24. The molecule has 1 aliphatic heterocycles. The molecule has 112 valence electrons. The largest absolute Gasteiger partial charge is 0.382 e. The molecule has 0 aromatic rings. The molecule has 1 fully saturated rings. The number of nitrogens with one attached hydrogen (secondary N) is 1. The van der Waals surface area contributed by atoms with Gasteiger partial charge in [0, 0.05) is 19.8 Å². The van der Waals surface area contributed by atoms with E-state index in [4.69, 9.17) is 4.74 Å². The molecule has 0 bridgehead atoms. The molecule has 0 aromatic carbocycles. The summed E-state index contributed by atoms with van der Waals surface area (Å²) in [6.07, 6.45) is 2.13.